The number of hydrogen-bond acceptors (Lipinski definition) is 4. The number of amides is 1. The van der Waals surface area contributed by atoms with E-state index >= 15 is 0 Å². The second kappa shape index (κ2) is 8.55. The fraction of sp³-hybridized carbons (Fsp3) is 0.150. The normalized spacial score (nSPS) is 12.0. The van der Waals surface area contributed by atoms with E-state index < -0.39 is 18.4 Å². The molecule has 3 rings (SSSR count). The van der Waals surface area contributed by atoms with Gasteiger partial charge in [-0.15, -0.1) is 11.3 Å². The number of halogens is 1. The average molecular weight is 383 g/mol. The number of hydrogen-bond donors (Lipinski definition) is 1. The molecule has 2 aromatic heterocycles. The van der Waals surface area contributed by atoms with Gasteiger partial charge in [0.05, 0.1) is 5.56 Å². The molecular weight excluding hydrogens is 365 g/mol. The van der Waals surface area contributed by atoms with Gasteiger partial charge in [0.2, 0.25) is 0 Å². The number of carbonyl (C=O) groups excluding carboxylic acids is 2. The number of nitrogens with one attached hydrogen (secondary N) is 1. The predicted molar refractivity (Wildman–Crippen MR) is 106 cm³/mol. The van der Waals surface area contributed by atoms with E-state index in [2.05, 4.69) is 10.3 Å². The molecule has 1 N–H and O–H groups in total. The first-order valence-electron chi connectivity index (χ1n) is 8.34. The maximum Gasteiger partial charge on any atom is 0.298 e. The summed E-state index contributed by atoms with van der Waals surface area (Å²) < 4.78 is 14.3. The minimum Gasteiger partial charge on any atom is -0.342 e. The SMILES string of the molecule is C/C=C(\C=C/CF)Cn1cc(C(=O)C(=O)Nc2nccs2)c2ccccc21. The Morgan fingerprint density at radius 2 is 2.15 bits per heavy atom. The Morgan fingerprint density at radius 1 is 1.33 bits per heavy atom. The molecule has 0 radical (unpaired) electrons. The Kier molecular flexibility index (Phi) is 5.93. The quantitative estimate of drug-likeness (QED) is 0.374. The first-order chi connectivity index (χ1) is 13.1. The largest absolute Gasteiger partial charge is 0.342 e. The molecule has 0 saturated heterocycles. The van der Waals surface area contributed by atoms with Crippen LogP contribution in [0.2, 0.25) is 0 Å². The number of aromatic nitrogens is 2. The number of carbonyl (C=O) groups is 2. The van der Waals surface area contributed by atoms with E-state index in [1.54, 1.807) is 23.8 Å². The zero-order valence-corrected chi connectivity index (χ0v) is 15.5. The molecule has 2 heterocycles. The third-order valence-corrected chi connectivity index (χ3v) is 4.73. The van der Waals surface area contributed by atoms with Crippen LogP contribution in [0, 0.1) is 0 Å². The van der Waals surface area contributed by atoms with E-state index in [1.165, 1.54) is 17.4 Å². The number of benzene rings is 1. The molecule has 1 aromatic carbocycles. The van der Waals surface area contributed by atoms with Gasteiger partial charge >= 0.3 is 0 Å². The van der Waals surface area contributed by atoms with E-state index in [0.717, 1.165) is 11.1 Å². The Morgan fingerprint density at radius 3 is 2.85 bits per heavy atom. The van der Waals surface area contributed by atoms with E-state index in [9.17, 15) is 14.0 Å². The van der Waals surface area contributed by atoms with Gasteiger partial charge < -0.3 is 4.57 Å². The van der Waals surface area contributed by atoms with Gasteiger partial charge in [0.1, 0.15) is 6.67 Å². The third-order valence-electron chi connectivity index (χ3n) is 4.04. The van der Waals surface area contributed by atoms with Crippen molar-refractivity contribution in [2.45, 2.75) is 13.5 Å². The van der Waals surface area contributed by atoms with Gasteiger partial charge in [-0.25, -0.2) is 9.37 Å². The number of thiazole rings is 1. The molecule has 27 heavy (non-hydrogen) atoms. The van der Waals surface area contributed by atoms with E-state index in [1.807, 2.05) is 41.8 Å². The van der Waals surface area contributed by atoms with Crippen LogP contribution >= 0.6 is 11.3 Å². The number of rotatable bonds is 7. The molecule has 7 heteroatoms. The van der Waals surface area contributed by atoms with Crippen molar-refractivity contribution in [2.24, 2.45) is 0 Å². The summed E-state index contributed by atoms with van der Waals surface area (Å²) in [6.45, 7) is 1.80. The molecule has 0 aliphatic carbocycles. The van der Waals surface area contributed by atoms with E-state index in [4.69, 9.17) is 0 Å². The molecule has 0 bridgehead atoms. The lowest BCUT2D eigenvalue weighted by Gasteiger charge is -2.06. The smallest absolute Gasteiger partial charge is 0.298 e. The van der Waals surface area contributed by atoms with E-state index in [0.29, 0.717) is 22.6 Å². The topological polar surface area (TPSA) is 64.0 Å². The Hall–Kier alpha value is -3.06. The number of Topliss-reactive ketones (excluding diaryl/α,β-unsaturated/α-hetero) is 1. The number of para-hydroxylation sites is 1. The summed E-state index contributed by atoms with van der Waals surface area (Å²) in [4.78, 5) is 29.0. The van der Waals surface area contributed by atoms with Gasteiger partial charge in [-0.1, -0.05) is 36.4 Å². The van der Waals surface area contributed by atoms with Crippen LogP contribution in [0.4, 0.5) is 9.52 Å². The van der Waals surface area contributed by atoms with Crippen LogP contribution in [0.5, 0.6) is 0 Å². The molecule has 3 aromatic rings. The molecule has 0 fully saturated rings. The minimum absolute atomic E-state index is 0.324. The molecule has 0 spiro atoms. The first-order valence-corrected chi connectivity index (χ1v) is 9.22. The lowest BCUT2D eigenvalue weighted by atomic mass is 10.1. The highest BCUT2D eigenvalue weighted by molar-refractivity contribution is 7.13. The van der Waals surface area contributed by atoms with Crippen molar-refractivity contribution in [3.8, 4) is 0 Å². The summed E-state index contributed by atoms with van der Waals surface area (Å²) in [6, 6.07) is 7.39. The minimum atomic E-state index is -0.726. The summed E-state index contributed by atoms with van der Waals surface area (Å²) in [5.74, 6) is -1.35. The summed E-state index contributed by atoms with van der Waals surface area (Å²) in [5.41, 5.74) is 2.06. The number of nitrogens with zero attached hydrogens (tertiary/aromatic N) is 2. The highest BCUT2D eigenvalue weighted by Crippen LogP contribution is 2.24. The van der Waals surface area contributed by atoms with Crippen molar-refractivity contribution in [1.29, 1.82) is 0 Å². The van der Waals surface area contributed by atoms with Crippen molar-refractivity contribution in [2.75, 3.05) is 12.0 Å². The zero-order chi connectivity index (χ0) is 19.2. The third kappa shape index (κ3) is 4.20. The first kappa shape index (κ1) is 18.7. The molecule has 1 amide bonds. The van der Waals surface area contributed by atoms with Gasteiger partial charge in [0.15, 0.2) is 5.13 Å². The fourth-order valence-corrected chi connectivity index (χ4v) is 3.28. The average Bonchev–Trinajstić information content (AvgIpc) is 3.32. The molecular formula is C20H18FN3O2S. The van der Waals surface area contributed by atoms with Crippen molar-refractivity contribution in [3.05, 3.63) is 71.4 Å². The van der Waals surface area contributed by atoms with Crippen molar-refractivity contribution in [3.63, 3.8) is 0 Å². The predicted octanol–water partition coefficient (Wildman–Crippen LogP) is 4.39. The maximum atomic E-state index is 12.7. The lowest BCUT2D eigenvalue weighted by molar-refractivity contribution is -0.112. The van der Waals surface area contributed by atoms with E-state index in [-0.39, 0.29) is 0 Å². The van der Waals surface area contributed by atoms with Crippen LogP contribution in [-0.2, 0) is 11.3 Å². The molecule has 0 unspecified atom stereocenters. The van der Waals surface area contributed by atoms with Gasteiger partial charge in [-0.3, -0.25) is 14.9 Å². The van der Waals surface area contributed by atoms with Gasteiger partial charge in [-0.2, -0.15) is 0 Å². The van der Waals surface area contributed by atoms with Crippen molar-refractivity contribution >= 4 is 39.1 Å². The Balaban J connectivity index is 1.93. The molecule has 0 aliphatic heterocycles. The number of fused-ring (bicyclic) bond motifs is 1. The summed E-state index contributed by atoms with van der Waals surface area (Å²) >= 11 is 1.25. The molecule has 0 saturated carbocycles. The second-order valence-electron chi connectivity index (χ2n) is 5.73. The molecule has 0 aliphatic rings. The monoisotopic (exact) mass is 383 g/mol. The van der Waals surface area contributed by atoms with Gasteiger partial charge in [0, 0.05) is 35.2 Å². The van der Waals surface area contributed by atoms with Crippen LogP contribution in [-0.4, -0.2) is 27.9 Å². The van der Waals surface area contributed by atoms with Crippen LogP contribution in [0.25, 0.3) is 10.9 Å². The van der Waals surface area contributed by atoms with Crippen molar-refractivity contribution < 1.29 is 14.0 Å². The number of alkyl halides is 1. The highest BCUT2D eigenvalue weighted by Gasteiger charge is 2.22. The van der Waals surface area contributed by atoms with Crippen LogP contribution < -0.4 is 5.32 Å². The summed E-state index contributed by atoms with van der Waals surface area (Å²) in [7, 11) is 0. The van der Waals surface area contributed by atoms with Crippen molar-refractivity contribution in [1.82, 2.24) is 9.55 Å². The van der Waals surface area contributed by atoms with Crippen LogP contribution in [0.15, 0.2) is 65.8 Å². The van der Waals surface area contributed by atoms with Gasteiger partial charge in [0.25, 0.3) is 11.7 Å². The molecule has 0 atom stereocenters. The Labute approximate surface area is 159 Å². The zero-order valence-electron chi connectivity index (χ0n) is 14.7. The second-order valence-corrected chi connectivity index (χ2v) is 6.62. The number of ketones is 1. The summed E-state index contributed by atoms with van der Waals surface area (Å²) in [6.07, 6.45) is 8.26. The highest BCUT2D eigenvalue weighted by atomic mass is 32.1. The van der Waals surface area contributed by atoms with Crippen LogP contribution in [0.3, 0.4) is 0 Å². The molecule has 5 nitrogen and oxygen atoms in total. The lowest BCUT2D eigenvalue weighted by Crippen LogP contribution is -2.22. The Bertz CT molecular complexity index is 1020. The number of anilines is 1. The number of allylic oxidation sites excluding steroid dienone is 4. The van der Waals surface area contributed by atoms with Crippen LogP contribution in [0.1, 0.15) is 17.3 Å². The summed E-state index contributed by atoms with van der Waals surface area (Å²) in [5, 5.41) is 5.31. The maximum absolute atomic E-state index is 12.7. The molecule has 138 valence electrons. The standard InChI is InChI=1S/C20H18FN3O2S/c1-2-14(6-5-9-21)12-24-13-16(15-7-3-4-8-17(15)24)18(25)19(26)23-20-22-10-11-27-20/h2-8,10-11,13H,9,12H2,1H3,(H,22,23,26)/b6-5-,14-2+. The van der Waals surface area contributed by atoms with Gasteiger partial charge in [-0.05, 0) is 18.6 Å². The fourth-order valence-electron chi connectivity index (χ4n) is 2.75.